The first-order chi connectivity index (χ1) is 9.29. The predicted molar refractivity (Wildman–Crippen MR) is 87.3 cm³/mol. The van der Waals surface area contributed by atoms with Gasteiger partial charge in [0.1, 0.15) is 5.75 Å². The summed E-state index contributed by atoms with van der Waals surface area (Å²) in [5, 5.41) is 3.53. The third-order valence-corrected chi connectivity index (χ3v) is 3.27. The molecule has 0 saturated carbocycles. The Balaban J connectivity index is 2.63. The minimum absolute atomic E-state index is 0.124. The molecule has 2 nitrogen and oxygen atoms in total. The van der Waals surface area contributed by atoms with Crippen molar-refractivity contribution in [2.45, 2.75) is 66.5 Å². The Morgan fingerprint density at radius 2 is 1.90 bits per heavy atom. The zero-order valence-electron chi connectivity index (χ0n) is 14.0. The minimum Gasteiger partial charge on any atom is -0.493 e. The average Bonchev–Trinajstić information content (AvgIpc) is 2.32. The molecule has 2 heteroatoms. The van der Waals surface area contributed by atoms with Crippen LogP contribution in [-0.2, 0) is 6.54 Å². The van der Waals surface area contributed by atoms with Crippen molar-refractivity contribution in [3.63, 3.8) is 0 Å². The molecule has 0 spiro atoms. The zero-order chi connectivity index (χ0) is 15.2. The van der Waals surface area contributed by atoms with E-state index in [1.54, 1.807) is 0 Å². The fourth-order valence-corrected chi connectivity index (χ4v) is 2.09. The van der Waals surface area contributed by atoms with Crippen LogP contribution in [0.4, 0.5) is 0 Å². The number of hydrogen-bond donors (Lipinski definition) is 1. The van der Waals surface area contributed by atoms with Crippen LogP contribution in [-0.4, -0.2) is 12.1 Å². The van der Waals surface area contributed by atoms with Crippen LogP contribution < -0.4 is 10.1 Å². The summed E-state index contributed by atoms with van der Waals surface area (Å²) in [6.45, 7) is 14.9. The molecule has 0 heterocycles. The molecule has 0 saturated heterocycles. The number of hydrogen-bond acceptors (Lipinski definition) is 2. The summed E-state index contributed by atoms with van der Waals surface area (Å²) in [6, 6.07) is 6.39. The highest BCUT2D eigenvalue weighted by Crippen LogP contribution is 2.24. The number of aryl methyl sites for hydroxylation is 1. The Kier molecular flexibility index (Phi) is 6.54. The van der Waals surface area contributed by atoms with Crippen molar-refractivity contribution in [1.82, 2.24) is 5.32 Å². The largest absolute Gasteiger partial charge is 0.493 e. The van der Waals surface area contributed by atoms with Crippen molar-refractivity contribution in [3.05, 3.63) is 29.3 Å². The van der Waals surface area contributed by atoms with Crippen LogP contribution in [0.1, 0.15) is 58.6 Å². The van der Waals surface area contributed by atoms with E-state index in [2.05, 4.69) is 65.1 Å². The second kappa shape index (κ2) is 7.68. The van der Waals surface area contributed by atoms with Crippen molar-refractivity contribution in [2.75, 3.05) is 6.61 Å². The number of rotatable bonds is 7. The van der Waals surface area contributed by atoms with Gasteiger partial charge < -0.3 is 10.1 Å². The van der Waals surface area contributed by atoms with E-state index in [1.165, 1.54) is 17.5 Å². The number of ether oxygens (including phenoxy) is 1. The smallest absolute Gasteiger partial charge is 0.126 e. The van der Waals surface area contributed by atoms with Gasteiger partial charge in [0.15, 0.2) is 0 Å². The molecule has 0 amide bonds. The Morgan fingerprint density at radius 1 is 1.20 bits per heavy atom. The Bertz CT molecular complexity index is 404. The van der Waals surface area contributed by atoms with E-state index in [9.17, 15) is 0 Å². The van der Waals surface area contributed by atoms with Gasteiger partial charge in [-0.25, -0.2) is 0 Å². The lowest BCUT2D eigenvalue weighted by Crippen LogP contribution is -2.35. The van der Waals surface area contributed by atoms with Crippen LogP contribution in [0.15, 0.2) is 18.2 Å². The summed E-state index contributed by atoms with van der Waals surface area (Å²) in [5.41, 5.74) is 2.60. The van der Waals surface area contributed by atoms with Crippen LogP contribution in [0.3, 0.4) is 0 Å². The molecule has 0 aromatic heterocycles. The minimum atomic E-state index is 0.124. The van der Waals surface area contributed by atoms with Crippen molar-refractivity contribution in [3.8, 4) is 5.75 Å². The molecule has 114 valence electrons. The maximum atomic E-state index is 6.04. The molecule has 0 aliphatic rings. The summed E-state index contributed by atoms with van der Waals surface area (Å²) in [4.78, 5) is 0. The van der Waals surface area contributed by atoms with Crippen molar-refractivity contribution >= 4 is 0 Å². The number of benzene rings is 1. The van der Waals surface area contributed by atoms with Gasteiger partial charge in [-0.15, -0.1) is 0 Å². The van der Waals surface area contributed by atoms with Crippen molar-refractivity contribution in [2.24, 2.45) is 5.92 Å². The molecule has 0 fully saturated rings. The van der Waals surface area contributed by atoms with Crippen molar-refractivity contribution in [1.29, 1.82) is 0 Å². The maximum absolute atomic E-state index is 6.04. The van der Waals surface area contributed by atoms with Gasteiger partial charge in [-0.2, -0.15) is 0 Å². The Morgan fingerprint density at radius 3 is 2.50 bits per heavy atom. The van der Waals surface area contributed by atoms with E-state index in [4.69, 9.17) is 4.74 Å². The summed E-state index contributed by atoms with van der Waals surface area (Å²) >= 11 is 0. The third-order valence-electron chi connectivity index (χ3n) is 3.27. The highest BCUT2D eigenvalue weighted by Gasteiger charge is 2.12. The highest BCUT2D eigenvalue weighted by molar-refractivity contribution is 5.40. The van der Waals surface area contributed by atoms with Gasteiger partial charge in [0, 0.05) is 17.6 Å². The molecule has 0 aliphatic carbocycles. The van der Waals surface area contributed by atoms with Gasteiger partial charge >= 0.3 is 0 Å². The first-order valence-electron chi connectivity index (χ1n) is 7.76. The highest BCUT2D eigenvalue weighted by atomic mass is 16.5. The van der Waals surface area contributed by atoms with Crippen LogP contribution in [0.5, 0.6) is 5.75 Å². The summed E-state index contributed by atoms with van der Waals surface area (Å²) in [6.07, 6.45) is 2.35. The monoisotopic (exact) mass is 277 g/mol. The van der Waals surface area contributed by atoms with Gasteiger partial charge in [-0.05, 0) is 52.0 Å². The number of para-hydroxylation sites is 1. The molecule has 0 radical (unpaired) electrons. The van der Waals surface area contributed by atoms with Gasteiger partial charge in [-0.3, -0.25) is 0 Å². The Hall–Kier alpha value is -1.02. The fraction of sp³-hybridized carbons (Fsp3) is 0.667. The third kappa shape index (κ3) is 6.42. The van der Waals surface area contributed by atoms with E-state index in [0.29, 0.717) is 0 Å². The summed E-state index contributed by atoms with van der Waals surface area (Å²) in [5.74, 6) is 1.81. The SMILES string of the molecule is Cc1cccc(CNC(C)(C)C)c1OCCCC(C)C. The molecular formula is C18H31NO. The van der Waals surface area contributed by atoms with E-state index in [1.807, 2.05) is 0 Å². The van der Waals surface area contributed by atoms with Crippen LogP contribution >= 0.6 is 0 Å². The molecule has 20 heavy (non-hydrogen) atoms. The lowest BCUT2D eigenvalue weighted by molar-refractivity contribution is 0.291. The summed E-state index contributed by atoms with van der Waals surface area (Å²) in [7, 11) is 0. The molecular weight excluding hydrogens is 246 g/mol. The lowest BCUT2D eigenvalue weighted by atomic mass is 10.1. The van der Waals surface area contributed by atoms with Gasteiger partial charge in [0.25, 0.3) is 0 Å². The standard InChI is InChI=1S/C18H31NO/c1-14(2)9-8-12-20-17-15(3)10-7-11-16(17)13-19-18(4,5)6/h7,10-11,14,19H,8-9,12-13H2,1-6H3. The van der Waals surface area contributed by atoms with Gasteiger partial charge in [0.05, 0.1) is 6.61 Å². The van der Waals surface area contributed by atoms with Crippen molar-refractivity contribution < 1.29 is 4.74 Å². The summed E-state index contributed by atoms with van der Waals surface area (Å²) < 4.78 is 6.04. The number of nitrogens with one attached hydrogen (secondary N) is 1. The molecule has 1 aromatic rings. The van der Waals surface area contributed by atoms with Crippen LogP contribution in [0, 0.1) is 12.8 Å². The molecule has 1 N–H and O–H groups in total. The molecule has 0 atom stereocenters. The fourth-order valence-electron chi connectivity index (χ4n) is 2.09. The molecule has 1 rings (SSSR count). The maximum Gasteiger partial charge on any atom is 0.126 e. The second-order valence-electron chi connectivity index (χ2n) is 7.05. The molecule has 0 bridgehead atoms. The Labute approximate surface area is 124 Å². The van der Waals surface area contributed by atoms with Gasteiger partial charge in [-0.1, -0.05) is 32.0 Å². The topological polar surface area (TPSA) is 21.3 Å². The van der Waals surface area contributed by atoms with E-state index < -0.39 is 0 Å². The van der Waals surface area contributed by atoms with E-state index in [-0.39, 0.29) is 5.54 Å². The predicted octanol–water partition coefficient (Wildman–Crippen LogP) is 4.70. The molecule has 0 unspecified atom stereocenters. The molecule has 1 aromatic carbocycles. The second-order valence-corrected chi connectivity index (χ2v) is 7.05. The van der Waals surface area contributed by atoms with E-state index in [0.717, 1.165) is 31.2 Å². The first-order valence-corrected chi connectivity index (χ1v) is 7.76. The van der Waals surface area contributed by atoms with Crippen LogP contribution in [0.25, 0.3) is 0 Å². The van der Waals surface area contributed by atoms with Gasteiger partial charge in [0.2, 0.25) is 0 Å². The molecule has 0 aliphatic heterocycles. The quantitative estimate of drug-likeness (QED) is 0.729. The zero-order valence-corrected chi connectivity index (χ0v) is 14.0. The first kappa shape index (κ1) is 17.0. The van der Waals surface area contributed by atoms with Crippen LogP contribution in [0.2, 0.25) is 0 Å². The normalized spacial score (nSPS) is 11.9. The lowest BCUT2D eigenvalue weighted by Gasteiger charge is -2.22. The van der Waals surface area contributed by atoms with E-state index >= 15 is 0 Å². The average molecular weight is 277 g/mol.